The molecule has 2 rings (SSSR count). The highest BCUT2D eigenvalue weighted by atomic mass is 32.2. The maximum atomic E-state index is 12.2. The molecule has 114 valence electrons. The molecule has 0 aromatic heterocycles. The number of anilines is 1. The monoisotopic (exact) mass is 313 g/mol. The molecule has 0 bridgehead atoms. The van der Waals surface area contributed by atoms with Crippen molar-refractivity contribution in [3.8, 4) is 0 Å². The Hall–Kier alpha value is -2.20. The standard InChI is InChI=1S/C18H19NO2S/c1-14(15-9-5-4-6-10-15)16-11-7-8-12-17(16)19(2)18(20)13-22(3)21/h4-12H,1,13H2,2-3H3. The van der Waals surface area contributed by atoms with Gasteiger partial charge in [-0.2, -0.15) is 0 Å². The Labute approximate surface area is 133 Å². The summed E-state index contributed by atoms with van der Waals surface area (Å²) in [5.41, 5.74) is 3.53. The summed E-state index contributed by atoms with van der Waals surface area (Å²) in [6.45, 7) is 4.16. The summed E-state index contributed by atoms with van der Waals surface area (Å²) in [6.07, 6.45) is 1.53. The Bertz CT molecular complexity index is 710. The SMILES string of the molecule is C=C(c1ccccc1)c1ccccc1N(C)C(=O)CS(C)=O. The van der Waals surface area contributed by atoms with Crippen molar-refractivity contribution in [2.75, 3.05) is 24.0 Å². The average Bonchev–Trinajstić information content (AvgIpc) is 2.53. The maximum Gasteiger partial charge on any atom is 0.239 e. The summed E-state index contributed by atoms with van der Waals surface area (Å²) in [7, 11) is 0.544. The second kappa shape index (κ2) is 7.18. The Morgan fingerprint density at radius 1 is 1.09 bits per heavy atom. The third kappa shape index (κ3) is 3.71. The molecule has 0 aliphatic carbocycles. The van der Waals surface area contributed by atoms with Crippen LogP contribution in [0.1, 0.15) is 11.1 Å². The van der Waals surface area contributed by atoms with E-state index in [1.807, 2.05) is 54.6 Å². The van der Waals surface area contributed by atoms with Gasteiger partial charge in [0.25, 0.3) is 0 Å². The molecule has 0 aliphatic heterocycles. The van der Waals surface area contributed by atoms with Crippen LogP contribution >= 0.6 is 0 Å². The van der Waals surface area contributed by atoms with Crippen molar-refractivity contribution in [3.63, 3.8) is 0 Å². The molecule has 4 heteroatoms. The first-order valence-electron chi connectivity index (χ1n) is 6.91. The minimum absolute atomic E-state index is 0.0165. The van der Waals surface area contributed by atoms with Gasteiger partial charge < -0.3 is 4.90 Å². The fourth-order valence-corrected chi connectivity index (χ4v) is 2.76. The Kier molecular flexibility index (Phi) is 5.28. The molecule has 0 heterocycles. The fourth-order valence-electron chi connectivity index (χ4n) is 2.22. The van der Waals surface area contributed by atoms with E-state index in [2.05, 4.69) is 6.58 Å². The van der Waals surface area contributed by atoms with E-state index in [0.717, 1.165) is 22.4 Å². The van der Waals surface area contributed by atoms with Gasteiger partial charge >= 0.3 is 0 Å². The van der Waals surface area contributed by atoms with Gasteiger partial charge in [-0.3, -0.25) is 9.00 Å². The van der Waals surface area contributed by atoms with Gasteiger partial charge in [0.15, 0.2) is 0 Å². The topological polar surface area (TPSA) is 37.4 Å². The molecule has 2 aromatic rings. The Morgan fingerprint density at radius 3 is 2.32 bits per heavy atom. The summed E-state index contributed by atoms with van der Waals surface area (Å²) in [5, 5.41) is 0. The number of benzene rings is 2. The number of para-hydroxylation sites is 1. The Morgan fingerprint density at radius 2 is 1.68 bits per heavy atom. The van der Waals surface area contributed by atoms with Gasteiger partial charge in [-0.15, -0.1) is 0 Å². The van der Waals surface area contributed by atoms with Crippen LogP contribution in [0.15, 0.2) is 61.2 Å². The van der Waals surface area contributed by atoms with Crippen LogP contribution in [-0.2, 0) is 15.6 Å². The molecular weight excluding hydrogens is 294 g/mol. The zero-order valence-corrected chi connectivity index (χ0v) is 13.6. The lowest BCUT2D eigenvalue weighted by atomic mass is 9.97. The number of amides is 1. The van der Waals surface area contributed by atoms with Gasteiger partial charge in [0, 0.05) is 29.7 Å². The quantitative estimate of drug-likeness (QED) is 0.850. The van der Waals surface area contributed by atoms with Crippen molar-refractivity contribution in [3.05, 3.63) is 72.3 Å². The predicted octanol–water partition coefficient (Wildman–Crippen LogP) is 3.09. The molecule has 1 unspecified atom stereocenters. The first kappa shape index (κ1) is 16.2. The highest BCUT2D eigenvalue weighted by Crippen LogP contribution is 2.30. The highest BCUT2D eigenvalue weighted by molar-refractivity contribution is 7.85. The van der Waals surface area contributed by atoms with Crippen LogP contribution in [0.3, 0.4) is 0 Å². The van der Waals surface area contributed by atoms with E-state index in [9.17, 15) is 9.00 Å². The molecule has 22 heavy (non-hydrogen) atoms. The van der Waals surface area contributed by atoms with Gasteiger partial charge in [-0.1, -0.05) is 55.1 Å². The molecule has 1 amide bonds. The summed E-state index contributed by atoms with van der Waals surface area (Å²) in [5.74, 6) is -0.156. The number of nitrogens with zero attached hydrogens (tertiary/aromatic N) is 1. The van der Waals surface area contributed by atoms with Crippen molar-refractivity contribution < 1.29 is 9.00 Å². The van der Waals surface area contributed by atoms with Gasteiger partial charge in [-0.25, -0.2) is 0 Å². The summed E-state index contributed by atoms with van der Waals surface area (Å²) < 4.78 is 11.3. The first-order chi connectivity index (χ1) is 10.5. The largest absolute Gasteiger partial charge is 0.314 e. The van der Waals surface area contributed by atoms with Crippen molar-refractivity contribution in [2.24, 2.45) is 0 Å². The number of hydrogen-bond acceptors (Lipinski definition) is 2. The molecule has 1 atom stereocenters. The molecule has 0 saturated heterocycles. The van der Waals surface area contributed by atoms with Gasteiger partial charge in [0.05, 0.1) is 5.69 Å². The number of carbonyl (C=O) groups excluding carboxylic acids is 1. The van der Waals surface area contributed by atoms with Crippen LogP contribution in [0.4, 0.5) is 5.69 Å². The summed E-state index contributed by atoms with van der Waals surface area (Å²) in [6, 6.07) is 17.5. The van der Waals surface area contributed by atoms with Crippen LogP contribution in [0.5, 0.6) is 0 Å². The molecule has 0 fully saturated rings. The normalized spacial score (nSPS) is 11.7. The average molecular weight is 313 g/mol. The smallest absolute Gasteiger partial charge is 0.239 e. The summed E-state index contributed by atoms with van der Waals surface area (Å²) >= 11 is 0. The lowest BCUT2D eigenvalue weighted by Gasteiger charge is -2.21. The van der Waals surface area contributed by atoms with E-state index in [1.54, 1.807) is 11.9 Å². The van der Waals surface area contributed by atoms with E-state index in [-0.39, 0.29) is 11.7 Å². The van der Waals surface area contributed by atoms with Crippen molar-refractivity contribution in [1.29, 1.82) is 0 Å². The number of rotatable bonds is 5. The molecule has 0 saturated carbocycles. The van der Waals surface area contributed by atoms with Crippen LogP contribution in [0.2, 0.25) is 0 Å². The van der Waals surface area contributed by atoms with E-state index in [4.69, 9.17) is 0 Å². The van der Waals surface area contributed by atoms with Crippen molar-refractivity contribution in [1.82, 2.24) is 0 Å². The van der Waals surface area contributed by atoms with E-state index >= 15 is 0 Å². The lowest BCUT2D eigenvalue weighted by Crippen LogP contribution is -2.31. The number of hydrogen-bond donors (Lipinski definition) is 0. The molecule has 0 radical (unpaired) electrons. The van der Waals surface area contributed by atoms with Crippen molar-refractivity contribution in [2.45, 2.75) is 0 Å². The summed E-state index contributed by atoms with van der Waals surface area (Å²) in [4.78, 5) is 13.7. The Balaban J connectivity index is 2.37. The van der Waals surface area contributed by atoms with Crippen molar-refractivity contribution >= 4 is 28.0 Å². The zero-order chi connectivity index (χ0) is 16.1. The van der Waals surface area contributed by atoms with E-state index < -0.39 is 10.8 Å². The molecule has 0 aliphatic rings. The molecule has 0 spiro atoms. The van der Waals surface area contributed by atoms with Gasteiger partial charge in [-0.05, 0) is 17.2 Å². The van der Waals surface area contributed by atoms with Gasteiger partial charge in [0.1, 0.15) is 5.75 Å². The molecular formula is C18H19NO2S. The minimum atomic E-state index is -1.16. The van der Waals surface area contributed by atoms with Crippen LogP contribution in [-0.4, -0.2) is 29.2 Å². The van der Waals surface area contributed by atoms with E-state index in [0.29, 0.717) is 0 Å². The second-order valence-corrected chi connectivity index (χ2v) is 6.47. The second-order valence-electron chi connectivity index (χ2n) is 5.03. The first-order valence-corrected chi connectivity index (χ1v) is 8.63. The maximum absolute atomic E-state index is 12.2. The fraction of sp³-hybridized carbons (Fsp3) is 0.167. The third-order valence-electron chi connectivity index (χ3n) is 3.41. The molecule has 2 aromatic carbocycles. The van der Waals surface area contributed by atoms with Gasteiger partial charge in [0.2, 0.25) is 5.91 Å². The third-order valence-corrected chi connectivity index (χ3v) is 4.07. The highest BCUT2D eigenvalue weighted by Gasteiger charge is 2.17. The molecule has 3 nitrogen and oxygen atoms in total. The predicted molar refractivity (Wildman–Crippen MR) is 93.4 cm³/mol. The number of carbonyl (C=O) groups is 1. The van der Waals surface area contributed by atoms with Crippen LogP contribution < -0.4 is 4.90 Å². The minimum Gasteiger partial charge on any atom is -0.314 e. The molecule has 0 N–H and O–H groups in total. The van der Waals surface area contributed by atoms with Crippen LogP contribution in [0.25, 0.3) is 5.57 Å². The zero-order valence-electron chi connectivity index (χ0n) is 12.8. The lowest BCUT2D eigenvalue weighted by molar-refractivity contribution is -0.115. The van der Waals surface area contributed by atoms with Crippen LogP contribution in [0, 0.1) is 0 Å². The van der Waals surface area contributed by atoms with E-state index in [1.165, 1.54) is 6.26 Å².